The van der Waals surface area contributed by atoms with Gasteiger partial charge in [0.05, 0.1) is 22.5 Å². The molecule has 1 N–H and O–H groups in total. The molecule has 0 amide bonds. The maximum Gasteiger partial charge on any atom is 0.416 e. The molecule has 0 aliphatic rings. The Kier molecular flexibility index (Phi) is 7.20. The van der Waals surface area contributed by atoms with Gasteiger partial charge in [0, 0.05) is 17.5 Å². The van der Waals surface area contributed by atoms with Crippen LogP contribution in [0.15, 0.2) is 57.4 Å². The summed E-state index contributed by atoms with van der Waals surface area (Å²) in [6, 6.07) is 8.34. The number of aryl methyl sites for hydroxylation is 2. The van der Waals surface area contributed by atoms with Crippen LogP contribution in [0, 0.1) is 13.8 Å². The molecule has 0 bridgehead atoms. The minimum absolute atomic E-state index is 0.00934. The van der Waals surface area contributed by atoms with Crippen molar-refractivity contribution in [3.05, 3.63) is 82.6 Å². The van der Waals surface area contributed by atoms with E-state index in [0.29, 0.717) is 5.69 Å². The molecule has 0 fully saturated rings. The number of aromatic nitrogens is 2. The summed E-state index contributed by atoms with van der Waals surface area (Å²) in [4.78, 5) is 21.2. The number of oxazole rings is 2. The molecule has 2 heterocycles. The SMILES string of the molecule is Cc1nc(-c2ccc(C(F)(F)F)cc2)oc1C(=O)CCC(C)(O)c1oc(-c2ccc(C(F)(F)F)cc2)nc1C. The average Bonchev–Trinajstić information content (AvgIpc) is 3.45. The highest BCUT2D eigenvalue weighted by molar-refractivity contribution is 5.94. The number of carbonyl (C=O) groups is 1. The zero-order valence-corrected chi connectivity index (χ0v) is 20.9. The van der Waals surface area contributed by atoms with Crippen LogP contribution in [0.3, 0.4) is 0 Å². The van der Waals surface area contributed by atoms with Gasteiger partial charge in [0.1, 0.15) is 5.60 Å². The smallest absolute Gasteiger partial charge is 0.416 e. The van der Waals surface area contributed by atoms with Gasteiger partial charge in [0.2, 0.25) is 11.8 Å². The number of hydrogen-bond donors (Lipinski definition) is 1. The van der Waals surface area contributed by atoms with E-state index in [1.807, 2.05) is 0 Å². The monoisotopic (exact) mass is 552 g/mol. The van der Waals surface area contributed by atoms with Crippen LogP contribution in [-0.2, 0) is 18.0 Å². The van der Waals surface area contributed by atoms with E-state index in [9.17, 15) is 36.2 Å². The first kappa shape index (κ1) is 28.1. The number of rotatable bonds is 7. The maximum absolute atomic E-state index is 12.9. The Labute approximate surface area is 218 Å². The van der Waals surface area contributed by atoms with Crippen LogP contribution in [-0.4, -0.2) is 20.9 Å². The lowest BCUT2D eigenvalue weighted by atomic mass is 9.94. The normalized spacial score (nSPS) is 13.9. The molecule has 4 aromatic rings. The molecule has 2 aromatic carbocycles. The fraction of sp³-hybridized carbons (Fsp3) is 0.296. The van der Waals surface area contributed by atoms with Crippen LogP contribution in [0.1, 0.15) is 58.6 Å². The molecule has 12 heteroatoms. The topological polar surface area (TPSA) is 89.4 Å². The second-order valence-electron chi connectivity index (χ2n) is 9.21. The predicted octanol–water partition coefficient (Wildman–Crippen LogP) is 7.52. The van der Waals surface area contributed by atoms with E-state index < -0.39 is 34.9 Å². The average molecular weight is 552 g/mol. The minimum atomic E-state index is -4.50. The van der Waals surface area contributed by atoms with Crippen molar-refractivity contribution in [2.24, 2.45) is 0 Å². The van der Waals surface area contributed by atoms with Gasteiger partial charge in [0.15, 0.2) is 17.3 Å². The van der Waals surface area contributed by atoms with Crippen LogP contribution >= 0.6 is 0 Å². The Hall–Kier alpha value is -3.93. The van der Waals surface area contributed by atoms with Gasteiger partial charge in [0.25, 0.3) is 0 Å². The molecular weight excluding hydrogens is 530 g/mol. The zero-order valence-electron chi connectivity index (χ0n) is 20.9. The van der Waals surface area contributed by atoms with Gasteiger partial charge in [-0.1, -0.05) is 0 Å². The number of carbonyl (C=O) groups excluding carboxylic acids is 1. The van der Waals surface area contributed by atoms with Gasteiger partial charge in [-0.05, 0) is 75.7 Å². The van der Waals surface area contributed by atoms with E-state index in [1.54, 1.807) is 6.92 Å². The van der Waals surface area contributed by atoms with Gasteiger partial charge < -0.3 is 13.9 Å². The van der Waals surface area contributed by atoms with E-state index in [0.717, 1.165) is 24.3 Å². The third-order valence-corrected chi connectivity index (χ3v) is 6.09. The Morgan fingerprint density at radius 1 is 0.769 bits per heavy atom. The Balaban J connectivity index is 1.47. The van der Waals surface area contributed by atoms with Gasteiger partial charge in [-0.2, -0.15) is 26.3 Å². The lowest BCUT2D eigenvalue weighted by Crippen LogP contribution is -2.23. The van der Waals surface area contributed by atoms with Crippen LogP contribution in [0.5, 0.6) is 0 Å². The lowest BCUT2D eigenvalue weighted by Gasteiger charge is -2.20. The van der Waals surface area contributed by atoms with Gasteiger partial charge >= 0.3 is 12.4 Å². The summed E-state index contributed by atoms with van der Waals surface area (Å²) < 4.78 is 88.2. The third-order valence-electron chi connectivity index (χ3n) is 6.09. The summed E-state index contributed by atoms with van der Waals surface area (Å²) in [6.45, 7) is 4.48. The molecular formula is C27H22F6N2O4. The van der Waals surface area contributed by atoms with Crippen molar-refractivity contribution in [3.63, 3.8) is 0 Å². The quantitative estimate of drug-likeness (QED) is 0.188. The fourth-order valence-corrected chi connectivity index (χ4v) is 3.99. The van der Waals surface area contributed by atoms with Crippen molar-refractivity contribution in [2.45, 2.75) is 51.6 Å². The van der Waals surface area contributed by atoms with E-state index >= 15 is 0 Å². The fourth-order valence-electron chi connectivity index (χ4n) is 3.99. The van der Waals surface area contributed by atoms with Gasteiger partial charge in [-0.3, -0.25) is 4.79 Å². The first-order valence-electron chi connectivity index (χ1n) is 11.6. The van der Waals surface area contributed by atoms with Crippen LogP contribution in [0.25, 0.3) is 22.9 Å². The van der Waals surface area contributed by atoms with Crippen LogP contribution in [0.4, 0.5) is 26.3 Å². The Morgan fingerprint density at radius 3 is 1.67 bits per heavy atom. The molecule has 206 valence electrons. The molecule has 0 spiro atoms. The summed E-state index contributed by atoms with van der Waals surface area (Å²) in [5.74, 6) is -0.567. The molecule has 1 atom stereocenters. The van der Waals surface area contributed by atoms with Gasteiger partial charge in [-0.25, -0.2) is 9.97 Å². The third kappa shape index (κ3) is 6.06. The van der Waals surface area contributed by atoms with Crippen molar-refractivity contribution in [1.82, 2.24) is 9.97 Å². The number of Topliss-reactive ketones (excluding diaryl/α,β-unsaturated/α-hetero) is 1. The number of hydrogen-bond acceptors (Lipinski definition) is 6. The maximum atomic E-state index is 12.9. The molecule has 1 unspecified atom stereocenters. The molecule has 0 aliphatic heterocycles. The molecule has 4 rings (SSSR count). The highest BCUT2D eigenvalue weighted by Gasteiger charge is 2.34. The molecule has 39 heavy (non-hydrogen) atoms. The number of alkyl halides is 6. The van der Waals surface area contributed by atoms with E-state index in [4.69, 9.17) is 8.83 Å². The van der Waals surface area contributed by atoms with Crippen molar-refractivity contribution in [1.29, 1.82) is 0 Å². The van der Waals surface area contributed by atoms with Crippen molar-refractivity contribution in [2.75, 3.05) is 0 Å². The first-order chi connectivity index (χ1) is 18.1. The first-order valence-corrected chi connectivity index (χ1v) is 11.6. The van der Waals surface area contributed by atoms with E-state index in [1.165, 1.54) is 38.1 Å². The Morgan fingerprint density at radius 2 is 1.21 bits per heavy atom. The second kappa shape index (κ2) is 9.99. The zero-order chi connectivity index (χ0) is 28.8. The van der Waals surface area contributed by atoms with Crippen LogP contribution in [0.2, 0.25) is 0 Å². The highest BCUT2D eigenvalue weighted by atomic mass is 19.4. The van der Waals surface area contributed by atoms with Crippen molar-refractivity contribution in [3.8, 4) is 22.9 Å². The van der Waals surface area contributed by atoms with Crippen molar-refractivity contribution >= 4 is 5.78 Å². The largest absolute Gasteiger partial charge is 0.438 e. The summed E-state index contributed by atoms with van der Waals surface area (Å²) >= 11 is 0. The Bertz CT molecular complexity index is 1480. The van der Waals surface area contributed by atoms with Crippen LogP contribution < -0.4 is 0 Å². The predicted molar refractivity (Wildman–Crippen MR) is 126 cm³/mol. The highest BCUT2D eigenvalue weighted by Crippen LogP contribution is 2.36. The number of aliphatic hydroxyl groups is 1. The van der Waals surface area contributed by atoms with E-state index in [2.05, 4.69) is 9.97 Å². The minimum Gasteiger partial charge on any atom is -0.438 e. The molecule has 0 radical (unpaired) electrons. The summed E-state index contributed by atoms with van der Waals surface area (Å²) in [5.41, 5.74) is -2.27. The number of benzene rings is 2. The summed E-state index contributed by atoms with van der Waals surface area (Å²) in [5, 5.41) is 11.0. The number of halogens is 6. The van der Waals surface area contributed by atoms with E-state index in [-0.39, 0.29) is 53.0 Å². The molecule has 6 nitrogen and oxygen atoms in total. The second-order valence-corrected chi connectivity index (χ2v) is 9.21. The molecule has 0 saturated heterocycles. The molecule has 0 saturated carbocycles. The number of ketones is 1. The standard InChI is InChI=1S/C27H22F6N2O4/c1-14-21(38-23(34-14)16-4-8-18(9-5-16)26(28,29)30)20(36)12-13-25(3,37)22-15(2)35-24(39-22)17-6-10-19(11-7-17)27(31,32)33/h4-11,37H,12-13H2,1-3H3. The van der Waals surface area contributed by atoms with Gasteiger partial charge in [-0.15, -0.1) is 0 Å². The molecule has 0 aliphatic carbocycles. The number of nitrogens with zero attached hydrogens (tertiary/aromatic N) is 2. The lowest BCUT2D eigenvalue weighted by molar-refractivity contribution is -0.138. The van der Waals surface area contributed by atoms with Crippen molar-refractivity contribution < 1.29 is 45.1 Å². The molecule has 2 aromatic heterocycles. The summed E-state index contributed by atoms with van der Waals surface area (Å²) in [6.07, 6.45) is -9.31. The summed E-state index contributed by atoms with van der Waals surface area (Å²) in [7, 11) is 0.